The quantitative estimate of drug-likeness (QED) is 0.403. The molecule has 0 bridgehead atoms. The first-order valence-electron chi connectivity index (χ1n) is 12.0. The number of methoxy groups -OCH3 is 2. The van der Waals surface area contributed by atoms with E-state index in [2.05, 4.69) is 10.6 Å². The van der Waals surface area contributed by atoms with E-state index in [4.69, 9.17) is 9.47 Å². The molecule has 0 saturated heterocycles. The van der Waals surface area contributed by atoms with Crippen LogP contribution in [0.3, 0.4) is 0 Å². The zero-order chi connectivity index (χ0) is 27.4. The lowest BCUT2D eigenvalue weighted by Crippen LogP contribution is -2.56. The average molecular weight is 521 g/mol. The Labute approximate surface area is 219 Å². The van der Waals surface area contributed by atoms with Gasteiger partial charge in [-0.1, -0.05) is 36.4 Å². The summed E-state index contributed by atoms with van der Waals surface area (Å²) in [4.78, 5) is 40.8. The van der Waals surface area contributed by atoms with Crippen molar-refractivity contribution in [2.45, 2.75) is 24.9 Å². The zero-order valence-corrected chi connectivity index (χ0v) is 21.2. The van der Waals surface area contributed by atoms with Gasteiger partial charge in [0.2, 0.25) is 11.8 Å². The number of anilines is 2. The van der Waals surface area contributed by atoms with Crippen molar-refractivity contribution in [1.82, 2.24) is 0 Å². The maximum atomic E-state index is 13.8. The van der Waals surface area contributed by atoms with Crippen LogP contribution in [0.4, 0.5) is 15.8 Å². The lowest BCUT2D eigenvalue weighted by molar-refractivity contribution is -0.150. The van der Waals surface area contributed by atoms with E-state index < -0.39 is 53.2 Å². The lowest BCUT2D eigenvalue weighted by atomic mass is 9.61. The Morgan fingerprint density at radius 3 is 1.89 bits per heavy atom. The molecular formula is C29H29FN2O6. The Kier molecular flexibility index (Phi) is 7.78. The van der Waals surface area contributed by atoms with Crippen molar-refractivity contribution in [1.29, 1.82) is 0 Å². The molecule has 2 amide bonds. The number of hydrogen-bond donors (Lipinski definition) is 3. The molecule has 0 aromatic heterocycles. The summed E-state index contributed by atoms with van der Waals surface area (Å²) in [5.74, 6) is -5.25. The first kappa shape index (κ1) is 26.8. The summed E-state index contributed by atoms with van der Waals surface area (Å²) in [5.41, 5.74) is -0.734. The summed E-state index contributed by atoms with van der Waals surface area (Å²) in [6.45, 7) is 1.39. The molecule has 38 heavy (non-hydrogen) atoms. The Morgan fingerprint density at radius 2 is 1.37 bits per heavy atom. The molecule has 3 aromatic carbocycles. The second kappa shape index (κ2) is 11.0. The smallest absolute Gasteiger partial charge is 0.235 e. The van der Waals surface area contributed by atoms with E-state index in [1.54, 1.807) is 48.5 Å². The van der Waals surface area contributed by atoms with Gasteiger partial charge in [0.25, 0.3) is 0 Å². The van der Waals surface area contributed by atoms with Crippen LogP contribution in [0.15, 0.2) is 72.8 Å². The number of rotatable bonds is 7. The van der Waals surface area contributed by atoms with Crippen LogP contribution in [0.2, 0.25) is 0 Å². The van der Waals surface area contributed by atoms with E-state index in [0.717, 1.165) is 0 Å². The molecule has 4 atom stereocenters. The molecule has 3 N–H and O–H groups in total. The van der Waals surface area contributed by atoms with Gasteiger partial charge >= 0.3 is 0 Å². The maximum Gasteiger partial charge on any atom is 0.235 e. The highest BCUT2D eigenvalue weighted by Crippen LogP contribution is 2.47. The van der Waals surface area contributed by atoms with Crippen molar-refractivity contribution in [3.8, 4) is 11.5 Å². The Balaban J connectivity index is 1.78. The highest BCUT2D eigenvalue weighted by Gasteiger charge is 2.56. The Bertz CT molecular complexity index is 1340. The van der Waals surface area contributed by atoms with E-state index in [0.29, 0.717) is 28.4 Å². The highest BCUT2D eigenvalue weighted by molar-refractivity contribution is 6.11. The third-order valence-corrected chi connectivity index (χ3v) is 6.82. The molecule has 0 heterocycles. The molecule has 0 spiro atoms. The van der Waals surface area contributed by atoms with Gasteiger partial charge in [-0.15, -0.1) is 0 Å². The molecule has 9 heteroatoms. The van der Waals surface area contributed by atoms with Crippen LogP contribution >= 0.6 is 0 Å². The van der Waals surface area contributed by atoms with Crippen molar-refractivity contribution in [3.63, 3.8) is 0 Å². The van der Waals surface area contributed by atoms with Gasteiger partial charge in [0.05, 0.1) is 37.1 Å². The molecule has 1 fully saturated rings. The van der Waals surface area contributed by atoms with Crippen molar-refractivity contribution in [2.24, 2.45) is 11.8 Å². The first-order valence-corrected chi connectivity index (χ1v) is 12.0. The minimum atomic E-state index is -1.80. The van der Waals surface area contributed by atoms with Crippen molar-refractivity contribution < 1.29 is 33.4 Å². The standard InChI is InChI=1S/C29H29FN2O6/c1-29(36)16-21(33)25(27(34)31-19-8-4-6-10-22(19)37-2)24(17-12-14-18(30)15-13-17)26(29)28(35)32-20-9-5-7-11-23(20)38-3/h4-15,24-26,36H,16H2,1-3H3,(H,31,34)(H,32,35)/t24-,25-,26+,29+/m0/s1. The number of amides is 2. The molecule has 0 unspecified atom stereocenters. The van der Waals surface area contributed by atoms with Crippen LogP contribution in [0.25, 0.3) is 0 Å². The number of para-hydroxylation sites is 4. The molecule has 3 aromatic rings. The third-order valence-electron chi connectivity index (χ3n) is 6.82. The number of benzene rings is 3. The molecule has 1 saturated carbocycles. The van der Waals surface area contributed by atoms with Gasteiger partial charge in [0.15, 0.2) is 0 Å². The van der Waals surface area contributed by atoms with Gasteiger partial charge in [0, 0.05) is 12.3 Å². The molecule has 1 aliphatic rings. The van der Waals surface area contributed by atoms with Crippen LogP contribution in [0, 0.1) is 17.7 Å². The SMILES string of the molecule is COc1ccccc1NC(=O)[C@H]1C(=O)C[C@@](C)(O)[C@@H](C(=O)Nc2ccccc2OC)[C@H]1c1ccc(F)cc1. The lowest BCUT2D eigenvalue weighted by Gasteiger charge is -2.44. The fourth-order valence-corrected chi connectivity index (χ4v) is 5.09. The summed E-state index contributed by atoms with van der Waals surface area (Å²) >= 11 is 0. The number of carbonyl (C=O) groups is 3. The van der Waals surface area contributed by atoms with Crippen molar-refractivity contribution >= 4 is 29.0 Å². The minimum Gasteiger partial charge on any atom is -0.495 e. The summed E-state index contributed by atoms with van der Waals surface area (Å²) < 4.78 is 24.5. The topological polar surface area (TPSA) is 114 Å². The third kappa shape index (κ3) is 5.38. The van der Waals surface area contributed by atoms with E-state index >= 15 is 0 Å². The molecule has 198 valence electrons. The average Bonchev–Trinajstić information content (AvgIpc) is 2.88. The summed E-state index contributed by atoms with van der Waals surface area (Å²) in [5, 5.41) is 16.9. The first-order chi connectivity index (χ1) is 18.2. The van der Waals surface area contributed by atoms with Gasteiger partial charge in [-0.25, -0.2) is 4.39 Å². The number of carbonyl (C=O) groups excluding carboxylic acids is 3. The van der Waals surface area contributed by atoms with Gasteiger partial charge in [-0.3, -0.25) is 14.4 Å². The number of ketones is 1. The largest absolute Gasteiger partial charge is 0.495 e. The van der Waals surface area contributed by atoms with Crippen LogP contribution in [-0.2, 0) is 14.4 Å². The van der Waals surface area contributed by atoms with Crippen molar-refractivity contribution in [3.05, 3.63) is 84.2 Å². The number of hydrogen-bond acceptors (Lipinski definition) is 6. The summed E-state index contributed by atoms with van der Waals surface area (Å²) in [6.07, 6.45) is -0.432. The number of ether oxygens (including phenoxy) is 2. The highest BCUT2D eigenvalue weighted by atomic mass is 19.1. The predicted octanol–water partition coefficient (Wildman–Crippen LogP) is 4.16. The maximum absolute atomic E-state index is 13.8. The van der Waals surface area contributed by atoms with Crippen molar-refractivity contribution in [2.75, 3.05) is 24.9 Å². The van der Waals surface area contributed by atoms with Gasteiger partial charge < -0.3 is 25.2 Å². The number of Topliss-reactive ketones (excluding diaryl/α,β-unsaturated/α-hetero) is 1. The second-order valence-corrected chi connectivity index (χ2v) is 9.41. The molecule has 0 aliphatic heterocycles. The number of nitrogens with one attached hydrogen (secondary N) is 2. The number of aliphatic hydroxyl groups is 1. The Hall–Kier alpha value is -4.24. The normalized spacial score (nSPS) is 22.9. The van der Waals surface area contributed by atoms with Gasteiger partial charge in [-0.2, -0.15) is 0 Å². The summed E-state index contributed by atoms with van der Waals surface area (Å²) in [6, 6.07) is 18.7. The number of halogens is 1. The minimum absolute atomic E-state index is 0.345. The van der Waals surface area contributed by atoms with Gasteiger partial charge in [0.1, 0.15) is 29.0 Å². The Morgan fingerprint density at radius 1 is 0.868 bits per heavy atom. The second-order valence-electron chi connectivity index (χ2n) is 9.41. The fourth-order valence-electron chi connectivity index (χ4n) is 5.09. The van der Waals surface area contributed by atoms with E-state index in [9.17, 15) is 23.9 Å². The molecular weight excluding hydrogens is 491 g/mol. The van der Waals surface area contributed by atoms with E-state index in [1.807, 2.05) is 0 Å². The van der Waals surface area contributed by atoms with Crippen LogP contribution < -0.4 is 20.1 Å². The molecule has 0 radical (unpaired) electrons. The zero-order valence-electron chi connectivity index (χ0n) is 21.2. The summed E-state index contributed by atoms with van der Waals surface area (Å²) in [7, 11) is 2.91. The van der Waals surface area contributed by atoms with Gasteiger partial charge in [-0.05, 0) is 48.9 Å². The van der Waals surface area contributed by atoms with E-state index in [-0.39, 0.29) is 0 Å². The van der Waals surface area contributed by atoms with Crippen LogP contribution in [0.1, 0.15) is 24.8 Å². The monoisotopic (exact) mass is 520 g/mol. The molecule has 8 nitrogen and oxygen atoms in total. The van der Waals surface area contributed by atoms with E-state index in [1.165, 1.54) is 45.4 Å². The molecule has 4 rings (SSSR count). The van der Waals surface area contributed by atoms with Crippen LogP contribution in [-0.4, -0.2) is 42.5 Å². The fraction of sp³-hybridized carbons (Fsp3) is 0.276. The molecule has 1 aliphatic carbocycles. The van der Waals surface area contributed by atoms with Crippen LogP contribution in [0.5, 0.6) is 11.5 Å². The predicted molar refractivity (Wildman–Crippen MR) is 140 cm³/mol.